The Labute approximate surface area is 107 Å². The number of aliphatic hydroxyl groups is 1. The van der Waals surface area contributed by atoms with Crippen molar-refractivity contribution in [1.82, 2.24) is 0 Å². The quantitative estimate of drug-likeness (QED) is 0.603. The van der Waals surface area contributed by atoms with Crippen LogP contribution < -0.4 is 5.32 Å². The highest BCUT2D eigenvalue weighted by atomic mass is 16.6. The molecule has 5 heteroatoms. The van der Waals surface area contributed by atoms with E-state index in [1.165, 1.54) is 12.1 Å². The van der Waals surface area contributed by atoms with Crippen LogP contribution in [0.25, 0.3) is 0 Å². The molecule has 1 atom stereocenters. The van der Waals surface area contributed by atoms with E-state index in [0.29, 0.717) is 24.6 Å². The molecule has 18 heavy (non-hydrogen) atoms. The van der Waals surface area contributed by atoms with Crippen molar-refractivity contribution in [2.75, 3.05) is 11.9 Å². The molecule has 0 aliphatic carbocycles. The Kier molecular flexibility index (Phi) is 5.09. The third-order valence-corrected chi connectivity index (χ3v) is 2.70. The average molecular weight is 252 g/mol. The summed E-state index contributed by atoms with van der Waals surface area (Å²) in [4.78, 5) is 10.3. The Morgan fingerprint density at radius 2 is 2.11 bits per heavy atom. The summed E-state index contributed by atoms with van der Waals surface area (Å²) in [6.45, 7) is 6.37. The number of nitro groups is 1. The van der Waals surface area contributed by atoms with Crippen LogP contribution in [-0.4, -0.2) is 22.7 Å². The van der Waals surface area contributed by atoms with Crippen molar-refractivity contribution in [3.8, 4) is 0 Å². The van der Waals surface area contributed by atoms with Crippen molar-refractivity contribution in [2.45, 2.75) is 33.3 Å². The van der Waals surface area contributed by atoms with Crippen molar-refractivity contribution in [1.29, 1.82) is 0 Å². The Hall–Kier alpha value is -1.62. The summed E-state index contributed by atoms with van der Waals surface area (Å²) >= 11 is 0. The topological polar surface area (TPSA) is 75.4 Å². The van der Waals surface area contributed by atoms with Gasteiger partial charge in [0.15, 0.2) is 0 Å². The second kappa shape index (κ2) is 6.35. The lowest BCUT2D eigenvalue weighted by Gasteiger charge is -2.15. The van der Waals surface area contributed by atoms with E-state index in [-0.39, 0.29) is 5.69 Å². The molecular weight excluding hydrogens is 232 g/mol. The lowest BCUT2D eigenvalue weighted by Crippen LogP contribution is -2.21. The number of nitro benzene ring substituents is 1. The number of hydrogen-bond acceptors (Lipinski definition) is 4. The molecule has 0 bridgehead atoms. The fourth-order valence-corrected chi connectivity index (χ4v) is 1.77. The summed E-state index contributed by atoms with van der Waals surface area (Å²) in [5.74, 6) is 0.424. The first-order valence-corrected chi connectivity index (χ1v) is 6.07. The minimum Gasteiger partial charge on any atom is -0.391 e. The van der Waals surface area contributed by atoms with Crippen LogP contribution in [0.4, 0.5) is 11.4 Å². The first-order valence-electron chi connectivity index (χ1n) is 6.07. The van der Waals surface area contributed by atoms with Gasteiger partial charge in [-0.25, -0.2) is 0 Å². The van der Waals surface area contributed by atoms with Crippen LogP contribution in [-0.2, 0) is 0 Å². The van der Waals surface area contributed by atoms with E-state index < -0.39 is 11.0 Å². The summed E-state index contributed by atoms with van der Waals surface area (Å²) in [6.07, 6.45) is 0.268. The molecule has 100 valence electrons. The fraction of sp³-hybridized carbons (Fsp3) is 0.538. The molecule has 0 fully saturated rings. The summed E-state index contributed by atoms with van der Waals surface area (Å²) in [6, 6.07) is 4.68. The zero-order chi connectivity index (χ0) is 13.7. The monoisotopic (exact) mass is 252 g/mol. The standard InChI is InChI=1S/C13H20N2O3/c1-9(2)6-12(16)8-14-13-7-11(15(17)18)5-4-10(13)3/h4-5,7,9,12,14,16H,6,8H2,1-3H3. The first kappa shape index (κ1) is 14.4. The molecule has 0 radical (unpaired) electrons. The van der Waals surface area contributed by atoms with Crippen LogP contribution >= 0.6 is 0 Å². The van der Waals surface area contributed by atoms with Crippen molar-refractivity contribution in [3.63, 3.8) is 0 Å². The van der Waals surface area contributed by atoms with Gasteiger partial charge in [0, 0.05) is 24.4 Å². The molecule has 0 aromatic heterocycles. The van der Waals surface area contributed by atoms with Gasteiger partial charge in [-0.3, -0.25) is 10.1 Å². The van der Waals surface area contributed by atoms with E-state index in [2.05, 4.69) is 5.32 Å². The molecule has 0 spiro atoms. The molecule has 0 amide bonds. The number of non-ortho nitro benzene ring substituents is 1. The summed E-state index contributed by atoms with van der Waals surface area (Å²) in [5, 5.41) is 23.5. The third-order valence-electron chi connectivity index (χ3n) is 2.70. The lowest BCUT2D eigenvalue weighted by molar-refractivity contribution is -0.384. The molecule has 1 rings (SSSR count). The van der Waals surface area contributed by atoms with E-state index in [4.69, 9.17) is 0 Å². The number of anilines is 1. The van der Waals surface area contributed by atoms with Crippen molar-refractivity contribution < 1.29 is 10.0 Å². The maximum Gasteiger partial charge on any atom is 0.271 e. The number of nitrogens with one attached hydrogen (secondary N) is 1. The minimum atomic E-state index is -0.441. The van der Waals surface area contributed by atoms with Gasteiger partial charge in [-0.2, -0.15) is 0 Å². The summed E-state index contributed by atoms with van der Waals surface area (Å²) in [7, 11) is 0. The molecule has 0 aliphatic heterocycles. The predicted octanol–water partition coefficient (Wildman–Crippen LogP) is 2.72. The Morgan fingerprint density at radius 1 is 1.44 bits per heavy atom. The van der Waals surface area contributed by atoms with Gasteiger partial charge in [0.2, 0.25) is 0 Å². The van der Waals surface area contributed by atoms with Gasteiger partial charge in [-0.15, -0.1) is 0 Å². The first-order chi connectivity index (χ1) is 8.40. The molecule has 5 nitrogen and oxygen atoms in total. The predicted molar refractivity (Wildman–Crippen MR) is 71.8 cm³/mol. The van der Waals surface area contributed by atoms with E-state index in [0.717, 1.165) is 5.56 Å². The van der Waals surface area contributed by atoms with Crippen LogP contribution in [0, 0.1) is 23.0 Å². The number of aryl methyl sites for hydroxylation is 1. The molecular formula is C13H20N2O3. The number of hydrogen-bond donors (Lipinski definition) is 2. The van der Waals surface area contributed by atoms with Crippen molar-refractivity contribution >= 4 is 11.4 Å². The number of aliphatic hydroxyl groups excluding tert-OH is 1. The Balaban J connectivity index is 2.66. The molecule has 0 saturated heterocycles. The highest BCUT2D eigenvalue weighted by Gasteiger charge is 2.11. The summed E-state index contributed by atoms with van der Waals surface area (Å²) < 4.78 is 0. The van der Waals surface area contributed by atoms with E-state index in [1.807, 2.05) is 20.8 Å². The molecule has 1 unspecified atom stereocenters. The van der Waals surface area contributed by atoms with E-state index in [1.54, 1.807) is 6.07 Å². The molecule has 2 N–H and O–H groups in total. The maximum atomic E-state index is 10.7. The average Bonchev–Trinajstić information content (AvgIpc) is 2.26. The fourth-order valence-electron chi connectivity index (χ4n) is 1.77. The van der Waals surface area contributed by atoms with Gasteiger partial charge in [0.1, 0.15) is 0 Å². The van der Waals surface area contributed by atoms with E-state index in [9.17, 15) is 15.2 Å². The smallest absolute Gasteiger partial charge is 0.271 e. The Bertz CT molecular complexity index is 419. The van der Waals surface area contributed by atoms with Gasteiger partial charge in [-0.1, -0.05) is 19.9 Å². The lowest BCUT2D eigenvalue weighted by atomic mass is 10.1. The van der Waals surface area contributed by atoms with Crippen LogP contribution in [0.5, 0.6) is 0 Å². The molecule has 0 aliphatic rings. The molecule has 0 heterocycles. The largest absolute Gasteiger partial charge is 0.391 e. The van der Waals surface area contributed by atoms with Gasteiger partial charge >= 0.3 is 0 Å². The van der Waals surface area contributed by atoms with Crippen LogP contribution in [0.2, 0.25) is 0 Å². The number of rotatable bonds is 6. The molecule has 1 aromatic carbocycles. The second-order valence-corrected chi connectivity index (χ2v) is 4.92. The second-order valence-electron chi connectivity index (χ2n) is 4.92. The van der Waals surface area contributed by atoms with Gasteiger partial charge in [0.05, 0.1) is 11.0 Å². The van der Waals surface area contributed by atoms with Crippen LogP contribution in [0.15, 0.2) is 18.2 Å². The molecule has 0 saturated carbocycles. The van der Waals surface area contributed by atoms with Gasteiger partial charge < -0.3 is 10.4 Å². The SMILES string of the molecule is Cc1ccc([N+](=O)[O-])cc1NCC(O)CC(C)C. The zero-order valence-electron chi connectivity index (χ0n) is 11.0. The van der Waals surface area contributed by atoms with Crippen molar-refractivity contribution in [2.24, 2.45) is 5.92 Å². The third kappa shape index (κ3) is 4.33. The minimum absolute atomic E-state index is 0.0569. The highest BCUT2D eigenvalue weighted by Crippen LogP contribution is 2.21. The van der Waals surface area contributed by atoms with Crippen molar-refractivity contribution in [3.05, 3.63) is 33.9 Å². The molecule has 1 aromatic rings. The zero-order valence-corrected chi connectivity index (χ0v) is 11.0. The Morgan fingerprint density at radius 3 is 2.67 bits per heavy atom. The van der Waals surface area contributed by atoms with Gasteiger partial charge in [-0.05, 0) is 24.8 Å². The summed E-state index contributed by atoms with van der Waals surface area (Å²) in [5.41, 5.74) is 1.69. The maximum absolute atomic E-state index is 10.7. The van der Waals surface area contributed by atoms with Crippen LogP contribution in [0.1, 0.15) is 25.8 Å². The number of nitrogens with zero attached hydrogens (tertiary/aromatic N) is 1. The van der Waals surface area contributed by atoms with Gasteiger partial charge in [0.25, 0.3) is 5.69 Å². The van der Waals surface area contributed by atoms with Crippen LogP contribution in [0.3, 0.4) is 0 Å². The van der Waals surface area contributed by atoms with E-state index >= 15 is 0 Å². The normalized spacial score (nSPS) is 12.5. The number of benzene rings is 1. The highest BCUT2D eigenvalue weighted by molar-refractivity contribution is 5.56.